The van der Waals surface area contributed by atoms with Crippen LogP contribution in [0.2, 0.25) is 0 Å². The summed E-state index contributed by atoms with van der Waals surface area (Å²) in [5.41, 5.74) is 7.73. The number of benzene rings is 1. The zero-order chi connectivity index (χ0) is 9.26. The molecule has 0 bridgehead atoms. The Morgan fingerprint density at radius 3 is 3.15 bits per heavy atom. The van der Waals surface area contributed by atoms with Gasteiger partial charge in [0.25, 0.3) is 0 Å². The Morgan fingerprint density at radius 1 is 1.46 bits per heavy atom. The molecule has 1 atom stereocenters. The summed E-state index contributed by atoms with van der Waals surface area (Å²) < 4.78 is 13.4. The largest absolute Gasteiger partial charge is 0.324 e. The van der Waals surface area contributed by atoms with Crippen molar-refractivity contribution in [3.63, 3.8) is 0 Å². The first-order valence-corrected chi connectivity index (χ1v) is 5.55. The maximum absolute atomic E-state index is 13.4. The van der Waals surface area contributed by atoms with Crippen molar-refractivity contribution >= 4 is 11.8 Å². The summed E-state index contributed by atoms with van der Waals surface area (Å²) in [4.78, 5) is 0. The molecular formula is C10H12FNS. The number of hydrogen-bond donors (Lipinski definition) is 1. The second-order valence-corrected chi connectivity index (χ2v) is 4.36. The van der Waals surface area contributed by atoms with Crippen LogP contribution in [0, 0.1) is 5.82 Å². The molecule has 0 aromatic heterocycles. The number of thioether (sulfide) groups is 1. The van der Waals surface area contributed by atoms with Gasteiger partial charge < -0.3 is 5.73 Å². The highest BCUT2D eigenvalue weighted by Crippen LogP contribution is 2.30. The third-order valence-corrected chi connectivity index (χ3v) is 3.39. The Bertz CT molecular complexity index is 314. The van der Waals surface area contributed by atoms with Gasteiger partial charge in [-0.2, -0.15) is 11.8 Å². The minimum absolute atomic E-state index is 0.0145. The van der Waals surface area contributed by atoms with Gasteiger partial charge in [0.2, 0.25) is 0 Å². The monoisotopic (exact) mass is 197 g/mol. The van der Waals surface area contributed by atoms with E-state index in [0.717, 1.165) is 29.1 Å². The van der Waals surface area contributed by atoms with E-state index in [0.29, 0.717) is 0 Å². The molecule has 0 saturated carbocycles. The number of rotatable bonds is 0. The first-order valence-electron chi connectivity index (χ1n) is 4.39. The summed E-state index contributed by atoms with van der Waals surface area (Å²) in [6.45, 7) is 0. The highest BCUT2D eigenvalue weighted by atomic mass is 32.2. The van der Waals surface area contributed by atoms with Gasteiger partial charge in [-0.05, 0) is 23.8 Å². The SMILES string of the molecule is N[C@@H]1CCSCc2c(F)cccc21. The fourth-order valence-corrected chi connectivity index (χ4v) is 2.69. The molecule has 0 unspecified atom stereocenters. The summed E-state index contributed by atoms with van der Waals surface area (Å²) in [7, 11) is 0. The smallest absolute Gasteiger partial charge is 0.127 e. The maximum Gasteiger partial charge on any atom is 0.127 e. The third kappa shape index (κ3) is 1.71. The van der Waals surface area contributed by atoms with E-state index in [1.165, 1.54) is 6.07 Å². The Kier molecular flexibility index (Phi) is 2.56. The van der Waals surface area contributed by atoms with Crippen LogP contribution in [0.1, 0.15) is 23.6 Å². The molecule has 1 aromatic carbocycles. The van der Waals surface area contributed by atoms with Crippen LogP contribution < -0.4 is 5.73 Å². The second-order valence-electron chi connectivity index (χ2n) is 3.26. The molecule has 1 aliphatic rings. The van der Waals surface area contributed by atoms with Crippen LogP contribution in [0.15, 0.2) is 18.2 Å². The topological polar surface area (TPSA) is 26.0 Å². The fourth-order valence-electron chi connectivity index (χ4n) is 1.62. The van der Waals surface area contributed by atoms with Crippen LogP contribution >= 0.6 is 11.8 Å². The van der Waals surface area contributed by atoms with Crippen LogP contribution in [0.4, 0.5) is 4.39 Å². The highest BCUT2D eigenvalue weighted by Gasteiger charge is 2.17. The molecule has 1 heterocycles. The predicted molar refractivity (Wildman–Crippen MR) is 54.1 cm³/mol. The molecule has 0 aliphatic carbocycles. The second kappa shape index (κ2) is 3.68. The fraction of sp³-hybridized carbons (Fsp3) is 0.400. The molecule has 0 amide bonds. The minimum Gasteiger partial charge on any atom is -0.324 e. The number of nitrogens with two attached hydrogens (primary N) is 1. The Hall–Kier alpha value is -0.540. The molecule has 13 heavy (non-hydrogen) atoms. The number of hydrogen-bond acceptors (Lipinski definition) is 2. The molecule has 70 valence electrons. The quantitative estimate of drug-likeness (QED) is 0.691. The van der Waals surface area contributed by atoms with Gasteiger partial charge in [-0.1, -0.05) is 12.1 Å². The standard InChI is InChI=1S/C10H12FNS/c11-9-3-1-2-7-8(9)6-13-5-4-10(7)12/h1-3,10H,4-6,12H2/t10-/m1/s1. The van der Waals surface area contributed by atoms with Crippen molar-refractivity contribution in [2.24, 2.45) is 5.73 Å². The zero-order valence-electron chi connectivity index (χ0n) is 7.29. The normalized spacial score (nSPS) is 22.2. The van der Waals surface area contributed by atoms with E-state index in [9.17, 15) is 4.39 Å². The molecule has 2 N–H and O–H groups in total. The van der Waals surface area contributed by atoms with E-state index in [1.54, 1.807) is 17.8 Å². The van der Waals surface area contributed by atoms with Crippen molar-refractivity contribution in [3.8, 4) is 0 Å². The maximum atomic E-state index is 13.4. The average molecular weight is 197 g/mol. The van der Waals surface area contributed by atoms with Crippen molar-refractivity contribution in [1.29, 1.82) is 0 Å². The van der Waals surface area contributed by atoms with Crippen LogP contribution in [0.3, 0.4) is 0 Å². The number of fused-ring (bicyclic) bond motifs is 1. The van der Waals surface area contributed by atoms with Crippen LogP contribution in [0.25, 0.3) is 0 Å². The highest BCUT2D eigenvalue weighted by molar-refractivity contribution is 7.98. The van der Waals surface area contributed by atoms with E-state index in [2.05, 4.69) is 0 Å². The van der Waals surface area contributed by atoms with E-state index in [-0.39, 0.29) is 11.9 Å². The first-order chi connectivity index (χ1) is 6.29. The van der Waals surface area contributed by atoms with Crippen LogP contribution in [-0.4, -0.2) is 5.75 Å². The van der Waals surface area contributed by atoms with Gasteiger partial charge in [-0.15, -0.1) is 0 Å². The lowest BCUT2D eigenvalue weighted by atomic mass is 10.00. The molecule has 0 spiro atoms. The van der Waals surface area contributed by atoms with Crippen molar-refractivity contribution in [3.05, 3.63) is 35.1 Å². The summed E-state index contributed by atoms with van der Waals surface area (Å²) in [6.07, 6.45) is 0.946. The summed E-state index contributed by atoms with van der Waals surface area (Å²) in [6, 6.07) is 5.21. The molecular weight excluding hydrogens is 185 g/mol. The summed E-state index contributed by atoms with van der Waals surface area (Å²) >= 11 is 1.76. The van der Waals surface area contributed by atoms with Crippen molar-refractivity contribution in [1.82, 2.24) is 0 Å². The average Bonchev–Trinajstić information content (AvgIpc) is 2.30. The summed E-state index contributed by atoms with van der Waals surface area (Å²) in [5, 5.41) is 0. The van der Waals surface area contributed by atoms with Crippen LogP contribution in [-0.2, 0) is 5.75 Å². The molecule has 0 saturated heterocycles. The van der Waals surface area contributed by atoms with Gasteiger partial charge in [-0.3, -0.25) is 0 Å². The molecule has 2 rings (SSSR count). The van der Waals surface area contributed by atoms with E-state index >= 15 is 0 Å². The van der Waals surface area contributed by atoms with Crippen molar-refractivity contribution in [2.45, 2.75) is 18.2 Å². The molecule has 1 aliphatic heterocycles. The Morgan fingerprint density at radius 2 is 2.31 bits per heavy atom. The lowest BCUT2D eigenvalue weighted by Crippen LogP contribution is -2.11. The zero-order valence-corrected chi connectivity index (χ0v) is 8.11. The number of halogens is 1. The minimum atomic E-state index is -0.109. The Labute approximate surface area is 81.5 Å². The van der Waals surface area contributed by atoms with Gasteiger partial charge in [-0.25, -0.2) is 4.39 Å². The summed E-state index contributed by atoms with van der Waals surface area (Å²) in [5.74, 6) is 1.67. The molecule has 0 radical (unpaired) electrons. The predicted octanol–water partition coefficient (Wildman–Crippen LogP) is 2.46. The Balaban J connectivity index is 2.47. The first kappa shape index (κ1) is 9.03. The molecule has 0 fully saturated rings. The van der Waals surface area contributed by atoms with E-state index in [1.807, 2.05) is 6.07 Å². The van der Waals surface area contributed by atoms with Crippen molar-refractivity contribution in [2.75, 3.05) is 5.75 Å². The van der Waals surface area contributed by atoms with Gasteiger partial charge >= 0.3 is 0 Å². The lowest BCUT2D eigenvalue weighted by molar-refractivity contribution is 0.606. The van der Waals surface area contributed by atoms with E-state index in [4.69, 9.17) is 5.73 Å². The molecule has 1 aromatic rings. The molecule has 3 heteroatoms. The third-order valence-electron chi connectivity index (χ3n) is 2.37. The van der Waals surface area contributed by atoms with Crippen molar-refractivity contribution < 1.29 is 4.39 Å². The van der Waals surface area contributed by atoms with Gasteiger partial charge in [0.15, 0.2) is 0 Å². The van der Waals surface area contributed by atoms with Gasteiger partial charge in [0, 0.05) is 17.4 Å². The van der Waals surface area contributed by atoms with Crippen LogP contribution in [0.5, 0.6) is 0 Å². The van der Waals surface area contributed by atoms with Gasteiger partial charge in [0.1, 0.15) is 5.82 Å². The van der Waals surface area contributed by atoms with Gasteiger partial charge in [0.05, 0.1) is 0 Å². The van der Waals surface area contributed by atoms with E-state index < -0.39 is 0 Å². The lowest BCUT2D eigenvalue weighted by Gasteiger charge is -2.11. The molecule has 1 nitrogen and oxygen atoms in total.